The van der Waals surface area contributed by atoms with E-state index < -0.39 is 70.4 Å². The minimum Gasteiger partial charge on any atom is -0.374 e. The number of hydrogen-bond acceptors (Lipinski definition) is 13. The molecule has 21 heteroatoms. The highest BCUT2D eigenvalue weighted by atomic mass is 28.6. The minimum absolute atomic E-state index is 0.515. The molecule has 0 amide bonds. The molecule has 6 aliphatic heterocycles. The van der Waals surface area contributed by atoms with Crippen molar-refractivity contribution in [2.75, 3.05) is 6.54 Å². The van der Waals surface area contributed by atoms with Crippen LogP contribution in [0.25, 0.3) is 0 Å². The van der Waals surface area contributed by atoms with Crippen molar-refractivity contribution in [3.05, 3.63) is 0 Å². The second-order valence-corrected chi connectivity index (χ2v) is 33.6. The Morgan fingerprint density at radius 1 is 0.382 bits per heavy atom. The fourth-order valence-corrected chi connectivity index (χ4v) is 51.3. The highest BCUT2D eigenvalue weighted by Crippen LogP contribution is 2.48. The van der Waals surface area contributed by atoms with E-state index in [2.05, 4.69) is 0 Å². The maximum absolute atomic E-state index is 6.78. The van der Waals surface area contributed by atoms with Crippen molar-refractivity contribution >= 4 is 70.4 Å². The van der Waals surface area contributed by atoms with Gasteiger partial charge in [-0.3, -0.25) is 0 Å². The summed E-state index contributed by atoms with van der Waals surface area (Å²) >= 11 is 0. The van der Waals surface area contributed by atoms with Crippen LogP contribution in [0.1, 0.15) is 25.7 Å². The van der Waals surface area contributed by atoms with Gasteiger partial charge >= 0.3 is 70.4 Å². The van der Waals surface area contributed by atoms with Gasteiger partial charge in [-0.05, 0) is 19.4 Å². The fraction of sp³-hybridized carbons (Fsp3) is 1.00. The van der Waals surface area contributed by atoms with E-state index in [-0.39, 0.29) is 0 Å². The summed E-state index contributed by atoms with van der Waals surface area (Å²) in [6, 6.07) is 0.515. The molecule has 196 valence electrons. The first-order chi connectivity index (χ1) is 15.5. The van der Waals surface area contributed by atoms with Crippen molar-refractivity contribution < 1.29 is 49.4 Å². The number of hydrogen-bond donors (Lipinski definition) is 1. The molecule has 0 atom stereocenters. The summed E-state index contributed by atoms with van der Waals surface area (Å²) in [7, 11) is -27.8. The zero-order chi connectivity index (χ0) is 24.7. The van der Waals surface area contributed by atoms with E-state index in [1.807, 2.05) is 0 Å². The van der Waals surface area contributed by atoms with E-state index in [1.165, 1.54) is 0 Å². The highest BCUT2D eigenvalue weighted by molar-refractivity contribution is 7.02. The van der Waals surface area contributed by atoms with Crippen LogP contribution in [0.15, 0.2) is 0 Å². The van der Waals surface area contributed by atoms with Gasteiger partial charge < -0.3 is 55.1 Å². The molecule has 8 bridgehead atoms. The molecular formula is C13H35NO12Si8. The lowest BCUT2D eigenvalue weighted by molar-refractivity contribution is -0.0192. The summed E-state index contributed by atoms with van der Waals surface area (Å²) in [5.74, 6) is 0. The summed E-state index contributed by atoms with van der Waals surface area (Å²) in [6.07, 6.45) is 3.72. The molecule has 0 unspecified atom stereocenters. The quantitative estimate of drug-likeness (QED) is 0.340. The Labute approximate surface area is 209 Å². The number of nitrogens with two attached hydrogens (primary N) is 1. The van der Waals surface area contributed by atoms with Crippen molar-refractivity contribution in [1.29, 1.82) is 0 Å². The standard InChI is InChI=1S/C13H35NO12Si8/c1-27-15-28(2)18-31(5)20-29(3,16-27)22-33(7)23-30(4,17-27)21-32(6,19-28)25-34(24-31,26-33)13-11-9-8-10-12-14/h8-14H2,1-7H3. The first-order valence-electron chi connectivity index (χ1n) is 11.7. The van der Waals surface area contributed by atoms with Crippen molar-refractivity contribution in [2.45, 2.75) is 77.6 Å². The maximum atomic E-state index is 6.78. The van der Waals surface area contributed by atoms with E-state index in [4.69, 9.17) is 55.1 Å². The summed E-state index contributed by atoms with van der Waals surface area (Å²) in [4.78, 5) is 0. The lowest BCUT2D eigenvalue weighted by atomic mass is 10.2. The van der Waals surface area contributed by atoms with E-state index in [0.717, 1.165) is 25.7 Å². The Kier molecular flexibility index (Phi) is 6.59. The van der Waals surface area contributed by atoms with E-state index in [0.29, 0.717) is 12.6 Å². The van der Waals surface area contributed by atoms with Gasteiger partial charge in [-0.1, -0.05) is 12.8 Å². The van der Waals surface area contributed by atoms with Gasteiger partial charge in [0.2, 0.25) is 0 Å². The van der Waals surface area contributed by atoms with Crippen LogP contribution >= 0.6 is 0 Å². The normalized spacial score (nSPS) is 56.5. The second kappa shape index (κ2) is 8.36. The zero-order valence-electron chi connectivity index (χ0n) is 20.7. The molecule has 6 rings (SSSR count). The molecule has 6 aliphatic rings. The second-order valence-electron chi connectivity index (χ2n) is 9.90. The predicted molar refractivity (Wildman–Crippen MR) is 132 cm³/mol. The van der Waals surface area contributed by atoms with E-state index in [9.17, 15) is 0 Å². The number of rotatable bonds is 6. The van der Waals surface area contributed by atoms with Crippen LogP contribution in [0.5, 0.6) is 0 Å². The Morgan fingerprint density at radius 2 is 0.647 bits per heavy atom. The first-order valence-corrected chi connectivity index (χ1v) is 29.2. The molecule has 6 saturated heterocycles. The molecule has 0 aromatic carbocycles. The van der Waals surface area contributed by atoms with Crippen LogP contribution in [-0.2, 0) is 49.4 Å². The van der Waals surface area contributed by atoms with Crippen molar-refractivity contribution in [1.82, 2.24) is 0 Å². The van der Waals surface area contributed by atoms with Crippen LogP contribution in [0.3, 0.4) is 0 Å². The van der Waals surface area contributed by atoms with Gasteiger partial charge in [-0.15, -0.1) is 0 Å². The molecule has 0 spiro atoms. The lowest BCUT2D eigenvalue weighted by Crippen LogP contribution is -2.86. The molecule has 0 aliphatic carbocycles. The van der Waals surface area contributed by atoms with E-state index >= 15 is 0 Å². The van der Waals surface area contributed by atoms with Crippen molar-refractivity contribution in [2.24, 2.45) is 5.73 Å². The third-order valence-electron chi connectivity index (χ3n) is 5.80. The summed E-state index contributed by atoms with van der Waals surface area (Å²) < 4.78 is 79.4. The van der Waals surface area contributed by atoms with Gasteiger partial charge in [-0.2, -0.15) is 0 Å². The van der Waals surface area contributed by atoms with Crippen LogP contribution in [0, 0.1) is 0 Å². The van der Waals surface area contributed by atoms with Gasteiger partial charge in [0.1, 0.15) is 0 Å². The Balaban J connectivity index is 1.63. The van der Waals surface area contributed by atoms with Crippen LogP contribution < -0.4 is 5.73 Å². The molecule has 6 heterocycles. The summed E-state index contributed by atoms with van der Waals surface area (Å²) in [5, 5.41) is 0. The first kappa shape index (κ1) is 26.8. The largest absolute Gasteiger partial charge is 0.478 e. The Bertz CT molecular complexity index is 731. The smallest absolute Gasteiger partial charge is 0.374 e. The third kappa shape index (κ3) is 5.23. The Hall–Kier alpha value is 1.22. The van der Waals surface area contributed by atoms with Crippen molar-refractivity contribution in [3.8, 4) is 0 Å². The Morgan fingerprint density at radius 3 is 0.941 bits per heavy atom. The van der Waals surface area contributed by atoms with Gasteiger partial charge in [0.05, 0.1) is 0 Å². The van der Waals surface area contributed by atoms with Gasteiger partial charge in [0.25, 0.3) is 0 Å². The lowest BCUT2D eigenvalue weighted by Gasteiger charge is -2.60. The fourth-order valence-electron chi connectivity index (χ4n) is 5.37. The molecule has 13 nitrogen and oxygen atoms in total. The van der Waals surface area contributed by atoms with Crippen molar-refractivity contribution in [3.63, 3.8) is 0 Å². The molecule has 0 aromatic rings. The summed E-state index contributed by atoms with van der Waals surface area (Å²) in [5.41, 5.74) is 5.66. The van der Waals surface area contributed by atoms with Gasteiger partial charge in [-0.25, -0.2) is 0 Å². The van der Waals surface area contributed by atoms with Gasteiger partial charge in [0, 0.05) is 51.9 Å². The molecule has 2 N–H and O–H groups in total. The molecular weight excluding hydrogens is 587 g/mol. The SMILES string of the molecule is C[Si]12O[Si]3(C)O[Si]4(C)O[Si](C)(O1)O[Si]1(C)O[Si](C)(O2)O[Si](C)(O3)O[Si](CCCCCCN)(O4)O1. The molecule has 34 heavy (non-hydrogen) atoms. The minimum atomic E-state index is -3.53. The van der Waals surface area contributed by atoms with Crippen LogP contribution in [0.2, 0.25) is 51.9 Å². The zero-order valence-corrected chi connectivity index (χ0v) is 28.7. The predicted octanol–water partition coefficient (Wildman–Crippen LogP) is 1.69. The monoisotopic (exact) mass is 621 g/mol. The van der Waals surface area contributed by atoms with Crippen LogP contribution in [-0.4, -0.2) is 77.0 Å². The average molecular weight is 622 g/mol. The highest BCUT2D eigenvalue weighted by Gasteiger charge is 2.78. The number of unbranched alkanes of at least 4 members (excludes halogenated alkanes) is 3. The summed E-state index contributed by atoms with van der Waals surface area (Å²) in [6.45, 7) is 13.1. The van der Waals surface area contributed by atoms with Crippen LogP contribution in [0.4, 0.5) is 0 Å². The molecule has 0 radical (unpaired) electrons. The average Bonchev–Trinajstić information content (AvgIpc) is 2.52. The molecule has 0 aromatic heterocycles. The molecule has 0 saturated carbocycles. The van der Waals surface area contributed by atoms with Gasteiger partial charge in [0.15, 0.2) is 0 Å². The third-order valence-corrected chi connectivity index (χ3v) is 41.6. The van der Waals surface area contributed by atoms with E-state index in [1.54, 1.807) is 45.8 Å². The molecule has 6 fully saturated rings. The topological polar surface area (TPSA) is 137 Å². The maximum Gasteiger partial charge on any atom is 0.478 e.